The lowest BCUT2D eigenvalue weighted by Crippen LogP contribution is -1.91. The second-order valence-electron chi connectivity index (χ2n) is 3.85. The fraction of sp³-hybridized carbons (Fsp3) is 0.0769. The second-order valence-corrected chi connectivity index (χ2v) is 5.31. The van der Waals surface area contributed by atoms with E-state index >= 15 is 0 Å². The van der Waals surface area contributed by atoms with E-state index in [0.29, 0.717) is 10.9 Å². The molecule has 0 unspecified atom stereocenters. The van der Waals surface area contributed by atoms with Crippen molar-refractivity contribution in [2.24, 2.45) is 0 Å². The lowest BCUT2D eigenvalue weighted by Gasteiger charge is -2.02. The van der Waals surface area contributed by atoms with Gasteiger partial charge >= 0.3 is 0 Å². The van der Waals surface area contributed by atoms with Crippen molar-refractivity contribution in [1.82, 2.24) is 9.97 Å². The van der Waals surface area contributed by atoms with E-state index in [2.05, 4.69) is 15.3 Å². The first-order valence-electron chi connectivity index (χ1n) is 5.58. The molecule has 0 aliphatic carbocycles. The van der Waals surface area contributed by atoms with Crippen LogP contribution in [0.5, 0.6) is 5.88 Å². The fourth-order valence-electron chi connectivity index (χ4n) is 1.65. The first-order chi connectivity index (χ1) is 9.24. The third kappa shape index (κ3) is 2.62. The molecule has 0 atom stereocenters. The van der Waals surface area contributed by atoms with Gasteiger partial charge in [0.25, 0.3) is 0 Å². The van der Waals surface area contributed by atoms with E-state index in [-0.39, 0.29) is 0 Å². The number of aromatic nitrogens is 2. The Bertz CT molecular complexity index is 711. The molecule has 2 aromatic heterocycles. The van der Waals surface area contributed by atoms with Gasteiger partial charge in [-0.15, -0.1) is 0 Å². The summed E-state index contributed by atoms with van der Waals surface area (Å²) in [6.07, 6.45) is 1.71. The van der Waals surface area contributed by atoms with E-state index in [4.69, 9.17) is 16.3 Å². The number of pyridine rings is 1. The highest BCUT2D eigenvalue weighted by Crippen LogP contribution is 2.30. The minimum atomic E-state index is 0.585. The number of ether oxygens (including phenoxy) is 1. The van der Waals surface area contributed by atoms with E-state index < -0.39 is 0 Å². The molecule has 3 aromatic rings. The molecule has 0 saturated heterocycles. The van der Waals surface area contributed by atoms with Gasteiger partial charge in [-0.1, -0.05) is 22.9 Å². The van der Waals surface area contributed by atoms with Crippen LogP contribution in [0.2, 0.25) is 5.02 Å². The highest BCUT2D eigenvalue weighted by molar-refractivity contribution is 7.22. The summed E-state index contributed by atoms with van der Waals surface area (Å²) in [6.45, 7) is 0. The molecule has 0 aliphatic rings. The third-order valence-electron chi connectivity index (χ3n) is 2.55. The van der Waals surface area contributed by atoms with Crippen LogP contribution >= 0.6 is 22.9 Å². The molecule has 96 valence electrons. The van der Waals surface area contributed by atoms with Gasteiger partial charge in [-0.2, -0.15) is 0 Å². The number of hydrogen-bond donors (Lipinski definition) is 1. The molecule has 0 bridgehead atoms. The molecule has 3 rings (SSSR count). The largest absolute Gasteiger partial charge is 0.481 e. The zero-order valence-electron chi connectivity index (χ0n) is 10.1. The number of fused-ring (bicyclic) bond motifs is 1. The van der Waals surface area contributed by atoms with Crippen molar-refractivity contribution >= 4 is 44.0 Å². The van der Waals surface area contributed by atoms with Gasteiger partial charge < -0.3 is 10.1 Å². The third-order valence-corrected chi connectivity index (χ3v) is 3.72. The van der Waals surface area contributed by atoms with E-state index in [9.17, 15) is 0 Å². The number of anilines is 2. The van der Waals surface area contributed by atoms with Crippen molar-refractivity contribution in [3.8, 4) is 5.88 Å². The molecular formula is C13H10ClN3OS. The van der Waals surface area contributed by atoms with Crippen LogP contribution in [0, 0.1) is 0 Å². The Labute approximate surface area is 119 Å². The monoisotopic (exact) mass is 291 g/mol. The van der Waals surface area contributed by atoms with Crippen LogP contribution in [0.3, 0.4) is 0 Å². The summed E-state index contributed by atoms with van der Waals surface area (Å²) < 4.78 is 6.07. The number of rotatable bonds is 3. The van der Waals surface area contributed by atoms with Crippen LogP contribution in [0.25, 0.3) is 10.2 Å². The SMILES string of the molecule is COc1ccc(Nc2nc3ccc(Cl)cc3s2)cn1. The van der Waals surface area contributed by atoms with Crippen LogP contribution in [0.4, 0.5) is 10.8 Å². The first kappa shape index (κ1) is 12.2. The number of nitrogens with one attached hydrogen (secondary N) is 1. The van der Waals surface area contributed by atoms with Gasteiger partial charge in [0.2, 0.25) is 5.88 Å². The summed E-state index contributed by atoms with van der Waals surface area (Å²) in [7, 11) is 1.59. The maximum absolute atomic E-state index is 5.96. The van der Waals surface area contributed by atoms with E-state index in [1.165, 1.54) is 0 Å². The summed E-state index contributed by atoms with van der Waals surface area (Å²) in [5, 5.41) is 4.74. The molecule has 0 amide bonds. The maximum atomic E-state index is 5.96. The summed E-state index contributed by atoms with van der Waals surface area (Å²) >= 11 is 7.51. The molecular weight excluding hydrogens is 282 g/mol. The number of hydrogen-bond acceptors (Lipinski definition) is 5. The zero-order chi connectivity index (χ0) is 13.2. The van der Waals surface area contributed by atoms with Gasteiger partial charge in [0.1, 0.15) is 0 Å². The van der Waals surface area contributed by atoms with Crippen LogP contribution in [-0.2, 0) is 0 Å². The molecule has 1 N–H and O–H groups in total. The topological polar surface area (TPSA) is 47.0 Å². The molecule has 4 nitrogen and oxygen atoms in total. The lowest BCUT2D eigenvalue weighted by molar-refractivity contribution is 0.398. The summed E-state index contributed by atoms with van der Waals surface area (Å²) in [6, 6.07) is 9.34. The van der Waals surface area contributed by atoms with Gasteiger partial charge in [-0.3, -0.25) is 0 Å². The van der Waals surface area contributed by atoms with Crippen LogP contribution in [-0.4, -0.2) is 17.1 Å². The fourth-order valence-corrected chi connectivity index (χ4v) is 2.81. The van der Waals surface area contributed by atoms with Crippen molar-refractivity contribution in [3.05, 3.63) is 41.6 Å². The average molecular weight is 292 g/mol. The number of benzene rings is 1. The van der Waals surface area contributed by atoms with E-state index in [0.717, 1.165) is 21.0 Å². The highest BCUT2D eigenvalue weighted by Gasteiger charge is 2.05. The van der Waals surface area contributed by atoms with E-state index in [1.807, 2.05) is 24.3 Å². The van der Waals surface area contributed by atoms with Crippen molar-refractivity contribution < 1.29 is 4.74 Å². The molecule has 0 spiro atoms. The van der Waals surface area contributed by atoms with Crippen molar-refractivity contribution in [3.63, 3.8) is 0 Å². The first-order valence-corrected chi connectivity index (χ1v) is 6.77. The Kier molecular flexibility index (Phi) is 3.23. The smallest absolute Gasteiger partial charge is 0.213 e. The van der Waals surface area contributed by atoms with Gasteiger partial charge in [0.15, 0.2) is 5.13 Å². The normalized spacial score (nSPS) is 10.6. The summed E-state index contributed by atoms with van der Waals surface area (Å²) in [5.74, 6) is 0.585. The minimum Gasteiger partial charge on any atom is -0.481 e. The second kappa shape index (κ2) is 5.03. The number of methoxy groups -OCH3 is 1. The molecule has 0 aliphatic heterocycles. The van der Waals surface area contributed by atoms with Crippen molar-refractivity contribution in [2.45, 2.75) is 0 Å². The van der Waals surface area contributed by atoms with Crippen LogP contribution < -0.4 is 10.1 Å². The Balaban J connectivity index is 1.87. The van der Waals surface area contributed by atoms with Crippen molar-refractivity contribution in [1.29, 1.82) is 0 Å². The minimum absolute atomic E-state index is 0.585. The highest BCUT2D eigenvalue weighted by atomic mass is 35.5. The van der Waals surface area contributed by atoms with Gasteiger partial charge in [0.05, 0.1) is 29.2 Å². The molecule has 0 saturated carbocycles. The maximum Gasteiger partial charge on any atom is 0.213 e. The van der Waals surface area contributed by atoms with Gasteiger partial charge in [-0.05, 0) is 24.3 Å². The Morgan fingerprint density at radius 3 is 2.89 bits per heavy atom. The molecule has 0 radical (unpaired) electrons. The van der Waals surface area contributed by atoms with Gasteiger partial charge in [-0.25, -0.2) is 9.97 Å². The zero-order valence-corrected chi connectivity index (χ0v) is 11.6. The molecule has 0 fully saturated rings. The predicted octanol–water partition coefficient (Wildman–Crippen LogP) is 4.10. The molecule has 1 aromatic carbocycles. The molecule has 2 heterocycles. The Hall–Kier alpha value is -1.85. The van der Waals surface area contributed by atoms with Crippen LogP contribution in [0.1, 0.15) is 0 Å². The number of halogens is 1. The van der Waals surface area contributed by atoms with Crippen LogP contribution in [0.15, 0.2) is 36.5 Å². The lowest BCUT2D eigenvalue weighted by atomic mass is 10.3. The van der Waals surface area contributed by atoms with Gasteiger partial charge in [0, 0.05) is 11.1 Å². The average Bonchev–Trinajstić information content (AvgIpc) is 2.81. The molecule has 6 heteroatoms. The number of nitrogens with zero attached hydrogens (tertiary/aromatic N) is 2. The van der Waals surface area contributed by atoms with E-state index in [1.54, 1.807) is 30.7 Å². The summed E-state index contributed by atoms with van der Waals surface area (Å²) in [4.78, 5) is 8.61. The molecule has 19 heavy (non-hydrogen) atoms. The standard InChI is InChI=1S/C13H10ClN3OS/c1-18-12-5-3-9(7-15-12)16-13-17-10-4-2-8(14)6-11(10)19-13/h2-7H,1H3,(H,16,17). The summed E-state index contributed by atoms with van der Waals surface area (Å²) in [5.41, 5.74) is 1.80. The number of thiazole rings is 1. The predicted molar refractivity (Wildman–Crippen MR) is 78.7 cm³/mol. The Morgan fingerprint density at radius 1 is 1.26 bits per heavy atom. The van der Waals surface area contributed by atoms with Crippen molar-refractivity contribution in [2.75, 3.05) is 12.4 Å². The Morgan fingerprint density at radius 2 is 2.16 bits per heavy atom. The quantitative estimate of drug-likeness (QED) is 0.789.